The lowest BCUT2D eigenvalue weighted by atomic mass is 10.3. The molecule has 1 aliphatic heterocycles. The van der Waals surface area contributed by atoms with Gasteiger partial charge in [-0.25, -0.2) is 4.79 Å². The number of nitrogen functional groups attached to an aromatic ring is 1. The van der Waals surface area contributed by atoms with Crippen LogP contribution in [-0.2, 0) is 4.74 Å². The SMILES string of the molecule is Cc1cn([C@@H]2CCCO2)c(=O)nc1N. The fraction of sp³-hybridized carbons (Fsp3) is 0.556. The van der Waals surface area contributed by atoms with Crippen LogP contribution in [0.15, 0.2) is 11.0 Å². The Morgan fingerprint density at radius 1 is 1.71 bits per heavy atom. The van der Waals surface area contributed by atoms with Crippen LogP contribution in [-0.4, -0.2) is 16.2 Å². The molecule has 1 atom stereocenters. The van der Waals surface area contributed by atoms with Crippen molar-refractivity contribution in [3.63, 3.8) is 0 Å². The van der Waals surface area contributed by atoms with E-state index < -0.39 is 0 Å². The normalized spacial score (nSPS) is 21.4. The number of anilines is 1. The van der Waals surface area contributed by atoms with Crippen LogP contribution in [0.1, 0.15) is 24.6 Å². The molecule has 0 spiro atoms. The highest BCUT2D eigenvalue weighted by Crippen LogP contribution is 2.21. The summed E-state index contributed by atoms with van der Waals surface area (Å²) in [5.41, 5.74) is 6.00. The summed E-state index contributed by atoms with van der Waals surface area (Å²) in [6.07, 6.45) is 3.40. The second-order valence-electron chi connectivity index (χ2n) is 3.47. The van der Waals surface area contributed by atoms with Crippen molar-refractivity contribution in [2.75, 3.05) is 12.3 Å². The van der Waals surface area contributed by atoms with Crippen LogP contribution in [0.25, 0.3) is 0 Å². The van der Waals surface area contributed by atoms with Crippen LogP contribution in [0.4, 0.5) is 5.82 Å². The highest BCUT2D eigenvalue weighted by atomic mass is 16.5. The van der Waals surface area contributed by atoms with Gasteiger partial charge in [0.25, 0.3) is 0 Å². The number of aromatic nitrogens is 2. The summed E-state index contributed by atoms with van der Waals surface area (Å²) in [4.78, 5) is 15.2. The molecule has 2 N–H and O–H groups in total. The zero-order chi connectivity index (χ0) is 10.1. The van der Waals surface area contributed by atoms with Gasteiger partial charge in [-0.05, 0) is 19.8 Å². The van der Waals surface area contributed by atoms with Gasteiger partial charge in [0.2, 0.25) is 0 Å². The third kappa shape index (κ3) is 1.50. The van der Waals surface area contributed by atoms with Crippen molar-refractivity contribution in [1.82, 2.24) is 9.55 Å². The van der Waals surface area contributed by atoms with Gasteiger partial charge in [-0.1, -0.05) is 0 Å². The van der Waals surface area contributed by atoms with E-state index >= 15 is 0 Å². The summed E-state index contributed by atoms with van der Waals surface area (Å²) in [6, 6.07) is 0. The lowest BCUT2D eigenvalue weighted by Gasteiger charge is -2.13. The quantitative estimate of drug-likeness (QED) is 0.706. The second kappa shape index (κ2) is 3.42. The van der Waals surface area contributed by atoms with Gasteiger partial charge in [0.05, 0.1) is 0 Å². The molecule has 0 amide bonds. The molecule has 0 saturated carbocycles. The summed E-state index contributed by atoms with van der Waals surface area (Å²) in [5, 5.41) is 0. The average Bonchev–Trinajstić information content (AvgIpc) is 2.64. The van der Waals surface area contributed by atoms with Gasteiger partial charge in [-0.3, -0.25) is 4.57 Å². The molecular weight excluding hydrogens is 182 g/mol. The van der Waals surface area contributed by atoms with Crippen molar-refractivity contribution < 1.29 is 4.74 Å². The Morgan fingerprint density at radius 3 is 3.14 bits per heavy atom. The maximum absolute atomic E-state index is 11.5. The summed E-state index contributed by atoms with van der Waals surface area (Å²) >= 11 is 0. The highest BCUT2D eigenvalue weighted by molar-refractivity contribution is 5.35. The molecule has 1 aromatic rings. The van der Waals surface area contributed by atoms with Gasteiger partial charge >= 0.3 is 5.69 Å². The van der Waals surface area contributed by atoms with Crippen LogP contribution in [0.5, 0.6) is 0 Å². The minimum absolute atomic E-state index is 0.158. The summed E-state index contributed by atoms with van der Waals surface area (Å²) < 4.78 is 6.91. The number of nitrogens with two attached hydrogens (primary N) is 1. The number of nitrogens with zero attached hydrogens (tertiary/aromatic N) is 2. The Hall–Kier alpha value is -1.36. The molecule has 0 unspecified atom stereocenters. The van der Waals surface area contributed by atoms with E-state index in [4.69, 9.17) is 10.5 Å². The first-order chi connectivity index (χ1) is 6.68. The van der Waals surface area contributed by atoms with Crippen LogP contribution in [0.2, 0.25) is 0 Å². The van der Waals surface area contributed by atoms with Crippen molar-refractivity contribution in [3.8, 4) is 0 Å². The molecule has 14 heavy (non-hydrogen) atoms. The minimum atomic E-state index is -0.333. The third-order valence-electron chi connectivity index (χ3n) is 2.39. The Kier molecular flexibility index (Phi) is 2.25. The molecule has 2 rings (SSSR count). The first kappa shape index (κ1) is 9.21. The van der Waals surface area contributed by atoms with Crippen molar-refractivity contribution in [3.05, 3.63) is 22.2 Å². The molecule has 76 valence electrons. The molecule has 0 aromatic carbocycles. The molecule has 0 aliphatic carbocycles. The smallest absolute Gasteiger partial charge is 0.351 e. The predicted octanol–water partition coefficient (Wildman–Crippen LogP) is 0.443. The number of hydrogen-bond acceptors (Lipinski definition) is 4. The molecule has 1 saturated heterocycles. The number of ether oxygens (including phenoxy) is 1. The highest BCUT2D eigenvalue weighted by Gasteiger charge is 2.19. The number of aryl methyl sites for hydroxylation is 1. The summed E-state index contributed by atoms with van der Waals surface area (Å²) in [5.74, 6) is 0.296. The molecule has 0 bridgehead atoms. The Balaban J connectivity index is 2.42. The zero-order valence-electron chi connectivity index (χ0n) is 8.06. The molecule has 5 nitrogen and oxygen atoms in total. The lowest BCUT2D eigenvalue weighted by Crippen LogP contribution is -2.27. The van der Waals surface area contributed by atoms with Gasteiger partial charge < -0.3 is 10.5 Å². The monoisotopic (exact) mass is 195 g/mol. The Labute approximate surface area is 81.5 Å². The van der Waals surface area contributed by atoms with E-state index in [1.165, 1.54) is 4.57 Å². The minimum Gasteiger partial charge on any atom is -0.383 e. The van der Waals surface area contributed by atoms with E-state index in [0.29, 0.717) is 12.4 Å². The van der Waals surface area contributed by atoms with E-state index in [0.717, 1.165) is 18.4 Å². The first-order valence-corrected chi connectivity index (χ1v) is 4.65. The summed E-state index contributed by atoms with van der Waals surface area (Å²) in [6.45, 7) is 2.54. The van der Waals surface area contributed by atoms with E-state index in [2.05, 4.69) is 4.98 Å². The molecule has 2 heterocycles. The third-order valence-corrected chi connectivity index (χ3v) is 2.39. The molecule has 5 heteroatoms. The lowest BCUT2D eigenvalue weighted by molar-refractivity contribution is 0.0526. The van der Waals surface area contributed by atoms with Gasteiger partial charge in [0.1, 0.15) is 12.0 Å². The second-order valence-corrected chi connectivity index (χ2v) is 3.47. The molecule has 0 radical (unpaired) electrons. The average molecular weight is 195 g/mol. The molecule has 1 aliphatic rings. The van der Waals surface area contributed by atoms with Crippen LogP contribution in [0, 0.1) is 6.92 Å². The van der Waals surface area contributed by atoms with Gasteiger partial charge in [-0.2, -0.15) is 4.98 Å². The standard InChI is InChI=1S/C9H13N3O2/c1-6-5-12(7-3-2-4-14-7)9(13)11-8(6)10/h5,7H,2-4H2,1H3,(H2,10,11,13)/t7-/m0/s1. The fourth-order valence-electron chi connectivity index (χ4n) is 1.57. The summed E-state index contributed by atoms with van der Waals surface area (Å²) in [7, 11) is 0. The molecule has 1 aromatic heterocycles. The fourth-order valence-corrected chi connectivity index (χ4v) is 1.57. The van der Waals surface area contributed by atoms with Gasteiger partial charge in [0.15, 0.2) is 0 Å². The largest absolute Gasteiger partial charge is 0.383 e. The van der Waals surface area contributed by atoms with Crippen LogP contribution < -0.4 is 11.4 Å². The predicted molar refractivity (Wildman–Crippen MR) is 51.9 cm³/mol. The Morgan fingerprint density at radius 2 is 2.50 bits per heavy atom. The van der Waals surface area contributed by atoms with Crippen LogP contribution in [0.3, 0.4) is 0 Å². The van der Waals surface area contributed by atoms with Crippen molar-refractivity contribution in [2.24, 2.45) is 0 Å². The van der Waals surface area contributed by atoms with E-state index in [1.54, 1.807) is 6.20 Å². The molecular formula is C9H13N3O2. The van der Waals surface area contributed by atoms with Gasteiger partial charge in [0, 0.05) is 18.4 Å². The van der Waals surface area contributed by atoms with Crippen molar-refractivity contribution in [1.29, 1.82) is 0 Å². The van der Waals surface area contributed by atoms with E-state index in [-0.39, 0.29) is 11.9 Å². The molecule has 1 fully saturated rings. The van der Waals surface area contributed by atoms with Crippen molar-refractivity contribution >= 4 is 5.82 Å². The van der Waals surface area contributed by atoms with E-state index in [9.17, 15) is 4.79 Å². The Bertz CT molecular complexity index is 394. The number of hydrogen-bond donors (Lipinski definition) is 1. The zero-order valence-corrected chi connectivity index (χ0v) is 8.06. The van der Waals surface area contributed by atoms with Crippen LogP contribution >= 0.6 is 0 Å². The maximum atomic E-state index is 11.5. The first-order valence-electron chi connectivity index (χ1n) is 4.65. The van der Waals surface area contributed by atoms with Crippen molar-refractivity contribution in [2.45, 2.75) is 26.0 Å². The topological polar surface area (TPSA) is 70.1 Å². The van der Waals surface area contributed by atoms with E-state index in [1.807, 2.05) is 6.92 Å². The van der Waals surface area contributed by atoms with Gasteiger partial charge in [-0.15, -0.1) is 0 Å². The maximum Gasteiger partial charge on any atom is 0.351 e. The number of rotatable bonds is 1.